The highest BCUT2D eigenvalue weighted by molar-refractivity contribution is 9.10. The number of amides is 1. The first-order valence-corrected chi connectivity index (χ1v) is 9.06. The molecule has 0 fully saturated rings. The third-order valence-electron chi connectivity index (χ3n) is 3.98. The number of ether oxygens (including phenoxy) is 1. The first-order chi connectivity index (χ1) is 12.5. The number of hydrogen-bond donors (Lipinski definition) is 1. The third-order valence-corrected chi connectivity index (χ3v) is 4.51. The standard InChI is InChI=1S/C20H18BrNO4/c1-2-17(13-3-7-15(21)8-4-13)22-19(23)12-25-16-9-5-14-6-10-20(24)26-18(14)11-16/h3-11,17H,2,12H2,1H3,(H,22,23)/t17-/m0/s1. The lowest BCUT2D eigenvalue weighted by atomic mass is 10.0. The normalized spacial score (nSPS) is 11.9. The van der Waals surface area contributed by atoms with E-state index in [-0.39, 0.29) is 18.6 Å². The Morgan fingerprint density at radius 1 is 1.15 bits per heavy atom. The Labute approximate surface area is 159 Å². The molecule has 0 unspecified atom stereocenters. The van der Waals surface area contributed by atoms with Gasteiger partial charge in [-0.15, -0.1) is 0 Å². The molecule has 0 aliphatic rings. The van der Waals surface area contributed by atoms with Gasteiger partial charge in [-0.25, -0.2) is 4.79 Å². The average molecular weight is 416 g/mol. The quantitative estimate of drug-likeness (QED) is 0.612. The smallest absolute Gasteiger partial charge is 0.336 e. The van der Waals surface area contributed by atoms with Crippen molar-refractivity contribution < 1.29 is 13.9 Å². The van der Waals surface area contributed by atoms with E-state index in [1.807, 2.05) is 31.2 Å². The first-order valence-electron chi connectivity index (χ1n) is 8.26. The molecule has 0 spiro atoms. The zero-order chi connectivity index (χ0) is 18.5. The Balaban J connectivity index is 1.62. The van der Waals surface area contributed by atoms with Crippen molar-refractivity contribution in [3.8, 4) is 5.75 Å². The zero-order valence-corrected chi connectivity index (χ0v) is 15.8. The van der Waals surface area contributed by atoms with E-state index in [1.54, 1.807) is 24.3 Å². The maximum absolute atomic E-state index is 12.2. The van der Waals surface area contributed by atoms with Crippen molar-refractivity contribution in [3.63, 3.8) is 0 Å². The molecule has 5 nitrogen and oxygen atoms in total. The van der Waals surface area contributed by atoms with Gasteiger partial charge in [0, 0.05) is 22.0 Å². The van der Waals surface area contributed by atoms with Crippen LogP contribution >= 0.6 is 15.9 Å². The van der Waals surface area contributed by atoms with E-state index < -0.39 is 5.63 Å². The predicted octanol–water partition coefficient (Wildman–Crippen LogP) is 4.20. The molecule has 0 bridgehead atoms. The molecule has 134 valence electrons. The SMILES string of the molecule is CC[C@H](NC(=O)COc1ccc2ccc(=O)oc2c1)c1ccc(Br)cc1. The van der Waals surface area contributed by atoms with Crippen LogP contribution in [-0.2, 0) is 4.79 Å². The van der Waals surface area contributed by atoms with Crippen LogP contribution in [0.25, 0.3) is 11.0 Å². The summed E-state index contributed by atoms with van der Waals surface area (Å²) in [6.45, 7) is 1.90. The maximum Gasteiger partial charge on any atom is 0.336 e. The third kappa shape index (κ3) is 4.52. The van der Waals surface area contributed by atoms with E-state index in [2.05, 4.69) is 21.2 Å². The van der Waals surface area contributed by atoms with E-state index >= 15 is 0 Å². The van der Waals surface area contributed by atoms with Gasteiger partial charge in [-0.2, -0.15) is 0 Å². The Morgan fingerprint density at radius 3 is 2.62 bits per heavy atom. The van der Waals surface area contributed by atoms with Crippen LogP contribution in [0.1, 0.15) is 24.9 Å². The second-order valence-corrected chi connectivity index (χ2v) is 6.74. The Morgan fingerprint density at radius 2 is 1.88 bits per heavy atom. The molecular weight excluding hydrogens is 398 g/mol. The second kappa shape index (κ2) is 8.19. The molecule has 6 heteroatoms. The summed E-state index contributed by atoms with van der Waals surface area (Å²) in [5, 5.41) is 3.76. The predicted molar refractivity (Wildman–Crippen MR) is 103 cm³/mol. The van der Waals surface area contributed by atoms with E-state index in [9.17, 15) is 9.59 Å². The van der Waals surface area contributed by atoms with Crippen LogP contribution in [0.15, 0.2) is 68.3 Å². The molecule has 0 radical (unpaired) electrons. The molecule has 1 atom stereocenters. The molecule has 1 aromatic heterocycles. The molecule has 26 heavy (non-hydrogen) atoms. The average Bonchev–Trinajstić information content (AvgIpc) is 2.65. The van der Waals surface area contributed by atoms with Gasteiger partial charge in [0.05, 0.1) is 6.04 Å². The van der Waals surface area contributed by atoms with Crippen LogP contribution in [-0.4, -0.2) is 12.5 Å². The van der Waals surface area contributed by atoms with Crippen LogP contribution in [0.5, 0.6) is 5.75 Å². The van der Waals surface area contributed by atoms with Crippen molar-refractivity contribution >= 4 is 32.8 Å². The summed E-state index contributed by atoms with van der Waals surface area (Å²) < 4.78 is 11.6. The van der Waals surface area contributed by atoms with Crippen molar-refractivity contribution in [2.45, 2.75) is 19.4 Å². The largest absolute Gasteiger partial charge is 0.484 e. The summed E-state index contributed by atoms with van der Waals surface area (Å²) in [6, 6.07) is 15.9. The number of carbonyl (C=O) groups excluding carboxylic acids is 1. The number of nitrogens with one attached hydrogen (secondary N) is 1. The molecule has 2 aromatic carbocycles. The maximum atomic E-state index is 12.2. The van der Waals surface area contributed by atoms with Gasteiger partial charge >= 0.3 is 5.63 Å². The molecule has 1 heterocycles. The van der Waals surface area contributed by atoms with Crippen LogP contribution in [0.3, 0.4) is 0 Å². The summed E-state index contributed by atoms with van der Waals surface area (Å²) in [4.78, 5) is 23.5. The Bertz CT molecular complexity index is 965. The number of halogens is 1. The second-order valence-electron chi connectivity index (χ2n) is 5.82. The van der Waals surface area contributed by atoms with Crippen molar-refractivity contribution in [1.29, 1.82) is 0 Å². The molecule has 0 saturated carbocycles. The fourth-order valence-corrected chi connectivity index (χ4v) is 2.90. The molecule has 3 aromatic rings. The molecule has 0 saturated heterocycles. The van der Waals surface area contributed by atoms with Crippen molar-refractivity contribution in [3.05, 3.63) is 75.1 Å². The van der Waals surface area contributed by atoms with Gasteiger partial charge in [0.25, 0.3) is 5.91 Å². The first kappa shape index (κ1) is 18.2. The highest BCUT2D eigenvalue weighted by atomic mass is 79.9. The summed E-state index contributed by atoms with van der Waals surface area (Å²) in [5.74, 6) is 0.257. The lowest BCUT2D eigenvalue weighted by Gasteiger charge is -2.18. The monoisotopic (exact) mass is 415 g/mol. The summed E-state index contributed by atoms with van der Waals surface area (Å²) in [5.41, 5.74) is 1.04. The van der Waals surface area contributed by atoms with Gasteiger partial charge in [0.15, 0.2) is 6.61 Å². The number of benzene rings is 2. The lowest BCUT2D eigenvalue weighted by molar-refractivity contribution is -0.123. The highest BCUT2D eigenvalue weighted by Gasteiger charge is 2.13. The number of carbonyl (C=O) groups is 1. The van der Waals surface area contributed by atoms with E-state index in [4.69, 9.17) is 9.15 Å². The van der Waals surface area contributed by atoms with E-state index in [0.717, 1.165) is 21.8 Å². The molecule has 3 rings (SSSR count). The van der Waals surface area contributed by atoms with E-state index in [1.165, 1.54) is 6.07 Å². The summed E-state index contributed by atoms with van der Waals surface area (Å²) >= 11 is 3.41. The van der Waals surface area contributed by atoms with Gasteiger partial charge in [0.1, 0.15) is 11.3 Å². The van der Waals surface area contributed by atoms with Gasteiger partial charge in [-0.05, 0) is 42.3 Å². The van der Waals surface area contributed by atoms with Crippen LogP contribution in [0.4, 0.5) is 0 Å². The molecule has 1 N–H and O–H groups in total. The zero-order valence-electron chi connectivity index (χ0n) is 14.2. The lowest BCUT2D eigenvalue weighted by Crippen LogP contribution is -2.32. The van der Waals surface area contributed by atoms with Crippen molar-refractivity contribution in [1.82, 2.24) is 5.32 Å². The highest BCUT2D eigenvalue weighted by Crippen LogP contribution is 2.21. The minimum atomic E-state index is -0.423. The molecular formula is C20H18BrNO4. The Hall–Kier alpha value is -2.60. The number of fused-ring (bicyclic) bond motifs is 1. The minimum Gasteiger partial charge on any atom is -0.484 e. The molecule has 0 aliphatic heterocycles. The van der Waals surface area contributed by atoms with Gasteiger partial charge < -0.3 is 14.5 Å². The Kier molecular flexibility index (Phi) is 5.73. The number of rotatable bonds is 6. The van der Waals surface area contributed by atoms with Crippen molar-refractivity contribution in [2.24, 2.45) is 0 Å². The van der Waals surface area contributed by atoms with Crippen LogP contribution in [0.2, 0.25) is 0 Å². The fourth-order valence-electron chi connectivity index (χ4n) is 2.63. The van der Waals surface area contributed by atoms with Gasteiger partial charge in [0.2, 0.25) is 0 Å². The number of hydrogen-bond acceptors (Lipinski definition) is 4. The minimum absolute atomic E-state index is 0.0752. The van der Waals surface area contributed by atoms with E-state index in [0.29, 0.717) is 11.3 Å². The van der Waals surface area contributed by atoms with Crippen molar-refractivity contribution in [2.75, 3.05) is 6.61 Å². The fraction of sp³-hybridized carbons (Fsp3) is 0.200. The van der Waals surface area contributed by atoms with Crippen LogP contribution < -0.4 is 15.7 Å². The van der Waals surface area contributed by atoms with Crippen LogP contribution in [0, 0.1) is 0 Å². The summed E-state index contributed by atoms with van der Waals surface area (Å²) in [7, 11) is 0. The molecule has 1 amide bonds. The molecule has 0 aliphatic carbocycles. The van der Waals surface area contributed by atoms with Gasteiger partial charge in [-0.3, -0.25) is 4.79 Å². The topological polar surface area (TPSA) is 68.5 Å². The summed E-state index contributed by atoms with van der Waals surface area (Å²) in [6.07, 6.45) is 0.772. The van der Waals surface area contributed by atoms with Gasteiger partial charge in [-0.1, -0.05) is 35.0 Å².